The molecule has 3 rings (SSSR count). The summed E-state index contributed by atoms with van der Waals surface area (Å²) >= 11 is 0. The van der Waals surface area contributed by atoms with Crippen LogP contribution in [0.15, 0.2) is 24.3 Å². The summed E-state index contributed by atoms with van der Waals surface area (Å²) in [6.07, 6.45) is 2.28. The largest absolute Gasteiger partial charge is 0.339 e. The Balaban J connectivity index is 0.00000176. The molecule has 1 fully saturated rings. The van der Waals surface area contributed by atoms with Crippen molar-refractivity contribution >= 4 is 29.9 Å². The predicted octanol–water partition coefficient (Wildman–Crippen LogP) is 1.21. The summed E-state index contributed by atoms with van der Waals surface area (Å²) in [5.41, 5.74) is 2.07. The number of halogens is 1. The second-order valence-corrected chi connectivity index (χ2v) is 5.59. The Morgan fingerprint density at radius 3 is 2.64 bits per heavy atom. The Bertz CT molecular complexity index is 544. The Kier molecular flexibility index (Phi) is 5.80. The summed E-state index contributed by atoms with van der Waals surface area (Å²) in [5, 5.41) is 3.23. The van der Waals surface area contributed by atoms with Gasteiger partial charge in [0.2, 0.25) is 11.8 Å². The van der Waals surface area contributed by atoms with Crippen molar-refractivity contribution in [2.75, 3.05) is 37.6 Å². The van der Waals surface area contributed by atoms with Gasteiger partial charge in [-0.05, 0) is 24.5 Å². The number of amides is 2. The zero-order valence-electron chi connectivity index (χ0n) is 12.6. The predicted molar refractivity (Wildman–Crippen MR) is 88.4 cm³/mol. The molecule has 5 nitrogen and oxygen atoms in total. The molecule has 0 radical (unpaired) electrons. The van der Waals surface area contributed by atoms with Gasteiger partial charge in [-0.1, -0.05) is 18.2 Å². The first-order chi connectivity index (χ1) is 10.3. The number of carbonyl (C=O) groups is 2. The van der Waals surface area contributed by atoms with Crippen molar-refractivity contribution in [1.29, 1.82) is 0 Å². The number of para-hydroxylation sites is 1. The van der Waals surface area contributed by atoms with Crippen LogP contribution in [0.4, 0.5) is 5.69 Å². The molecule has 1 N–H and O–H groups in total. The van der Waals surface area contributed by atoms with E-state index in [1.54, 1.807) is 4.90 Å². The summed E-state index contributed by atoms with van der Waals surface area (Å²) in [6, 6.07) is 7.92. The lowest BCUT2D eigenvalue weighted by molar-refractivity contribution is -0.131. The van der Waals surface area contributed by atoms with Crippen molar-refractivity contribution < 1.29 is 9.59 Å². The second-order valence-electron chi connectivity index (χ2n) is 5.59. The van der Waals surface area contributed by atoms with Crippen LogP contribution in [-0.4, -0.2) is 49.4 Å². The van der Waals surface area contributed by atoms with Gasteiger partial charge < -0.3 is 15.1 Å². The maximum atomic E-state index is 12.4. The molecule has 6 heteroatoms. The number of carbonyl (C=O) groups excluding carboxylic acids is 2. The lowest BCUT2D eigenvalue weighted by Gasteiger charge is -2.30. The third-order valence-corrected chi connectivity index (χ3v) is 4.18. The van der Waals surface area contributed by atoms with E-state index >= 15 is 0 Å². The molecule has 2 aliphatic heterocycles. The Morgan fingerprint density at radius 1 is 1.14 bits per heavy atom. The quantitative estimate of drug-likeness (QED) is 0.890. The third kappa shape index (κ3) is 3.59. The SMILES string of the molecule is Cl.O=C(CN1C(=O)CCCc2ccccc21)N1CCNCC1. The zero-order chi connectivity index (χ0) is 14.7. The van der Waals surface area contributed by atoms with E-state index < -0.39 is 0 Å². The fourth-order valence-electron chi connectivity index (χ4n) is 3.01. The number of rotatable bonds is 2. The first kappa shape index (κ1) is 16.8. The molecule has 2 amide bonds. The summed E-state index contributed by atoms with van der Waals surface area (Å²) < 4.78 is 0. The number of nitrogens with one attached hydrogen (secondary N) is 1. The van der Waals surface area contributed by atoms with Crippen molar-refractivity contribution in [3.8, 4) is 0 Å². The highest BCUT2D eigenvalue weighted by Gasteiger charge is 2.26. The van der Waals surface area contributed by atoms with Gasteiger partial charge in [-0.3, -0.25) is 9.59 Å². The molecule has 1 aromatic carbocycles. The van der Waals surface area contributed by atoms with Gasteiger partial charge in [-0.15, -0.1) is 12.4 Å². The lowest BCUT2D eigenvalue weighted by Crippen LogP contribution is -2.50. The number of aryl methyl sites for hydroxylation is 1. The number of hydrogen-bond donors (Lipinski definition) is 1. The maximum Gasteiger partial charge on any atom is 0.242 e. The molecule has 120 valence electrons. The average molecular weight is 324 g/mol. The summed E-state index contributed by atoms with van der Waals surface area (Å²) in [7, 11) is 0. The molecule has 1 aromatic rings. The van der Waals surface area contributed by atoms with Crippen LogP contribution in [0.5, 0.6) is 0 Å². The number of piperazine rings is 1. The van der Waals surface area contributed by atoms with Crippen molar-refractivity contribution in [2.24, 2.45) is 0 Å². The number of fused-ring (bicyclic) bond motifs is 1. The molecule has 0 aliphatic carbocycles. The Labute approximate surface area is 137 Å². The average Bonchev–Trinajstić information content (AvgIpc) is 2.68. The van der Waals surface area contributed by atoms with E-state index in [4.69, 9.17) is 0 Å². The van der Waals surface area contributed by atoms with Gasteiger partial charge in [0, 0.05) is 38.3 Å². The first-order valence-electron chi connectivity index (χ1n) is 7.62. The van der Waals surface area contributed by atoms with Gasteiger partial charge in [0.1, 0.15) is 6.54 Å². The molecule has 2 heterocycles. The lowest BCUT2D eigenvalue weighted by atomic mass is 10.1. The Morgan fingerprint density at radius 2 is 1.86 bits per heavy atom. The van der Waals surface area contributed by atoms with E-state index in [1.165, 1.54) is 0 Å². The standard InChI is InChI=1S/C16H21N3O2.ClH/c20-15-7-3-5-13-4-1-2-6-14(13)19(15)12-16(21)18-10-8-17-9-11-18;/h1-2,4,6,17H,3,5,7-12H2;1H. The molecule has 22 heavy (non-hydrogen) atoms. The van der Waals surface area contributed by atoms with E-state index in [0.29, 0.717) is 6.42 Å². The van der Waals surface area contributed by atoms with Gasteiger partial charge in [0.05, 0.1) is 0 Å². The van der Waals surface area contributed by atoms with Gasteiger partial charge in [0.15, 0.2) is 0 Å². The first-order valence-corrected chi connectivity index (χ1v) is 7.62. The third-order valence-electron chi connectivity index (χ3n) is 4.18. The molecule has 0 atom stereocenters. The second kappa shape index (κ2) is 7.61. The topological polar surface area (TPSA) is 52.7 Å². The minimum atomic E-state index is 0. The Hall–Kier alpha value is -1.59. The highest BCUT2D eigenvalue weighted by atomic mass is 35.5. The van der Waals surface area contributed by atoms with E-state index in [9.17, 15) is 9.59 Å². The van der Waals surface area contributed by atoms with Crippen LogP contribution in [0.2, 0.25) is 0 Å². The summed E-state index contributed by atoms with van der Waals surface area (Å²) in [6.45, 7) is 3.27. The van der Waals surface area contributed by atoms with Crippen LogP contribution >= 0.6 is 12.4 Å². The van der Waals surface area contributed by atoms with Crippen LogP contribution in [0, 0.1) is 0 Å². The van der Waals surface area contributed by atoms with Crippen LogP contribution < -0.4 is 10.2 Å². The summed E-state index contributed by atoms with van der Waals surface area (Å²) in [5.74, 6) is 0.102. The summed E-state index contributed by atoms with van der Waals surface area (Å²) in [4.78, 5) is 28.3. The van der Waals surface area contributed by atoms with Crippen molar-refractivity contribution in [2.45, 2.75) is 19.3 Å². The highest BCUT2D eigenvalue weighted by Crippen LogP contribution is 2.26. The normalized spacial score (nSPS) is 18.3. The molecular formula is C16H22ClN3O2. The van der Waals surface area contributed by atoms with Gasteiger partial charge in [0.25, 0.3) is 0 Å². The van der Waals surface area contributed by atoms with E-state index in [0.717, 1.165) is 50.3 Å². The van der Waals surface area contributed by atoms with Gasteiger partial charge in [-0.2, -0.15) is 0 Å². The number of anilines is 1. The van der Waals surface area contributed by atoms with Crippen LogP contribution in [0.1, 0.15) is 18.4 Å². The molecule has 0 bridgehead atoms. The number of nitrogens with zero attached hydrogens (tertiary/aromatic N) is 2. The van der Waals surface area contributed by atoms with E-state index in [2.05, 4.69) is 11.4 Å². The van der Waals surface area contributed by atoms with Crippen molar-refractivity contribution in [3.63, 3.8) is 0 Å². The van der Waals surface area contributed by atoms with Crippen molar-refractivity contribution in [3.05, 3.63) is 29.8 Å². The maximum absolute atomic E-state index is 12.4. The fraction of sp³-hybridized carbons (Fsp3) is 0.500. The van der Waals surface area contributed by atoms with Gasteiger partial charge >= 0.3 is 0 Å². The van der Waals surface area contributed by atoms with Crippen LogP contribution in [0.3, 0.4) is 0 Å². The van der Waals surface area contributed by atoms with Gasteiger partial charge in [-0.25, -0.2) is 0 Å². The number of benzene rings is 1. The van der Waals surface area contributed by atoms with E-state index in [-0.39, 0.29) is 30.8 Å². The molecular weight excluding hydrogens is 302 g/mol. The highest BCUT2D eigenvalue weighted by molar-refractivity contribution is 5.99. The molecule has 0 unspecified atom stereocenters. The number of hydrogen-bond acceptors (Lipinski definition) is 3. The minimum absolute atomic E-state index is 0. The van der Waals surface area contributed by atoms with E-state index in [1.807, 2.05) is 23.1 Å². The fourth-order valence-corrected chi connectivity index (χ4v) is 3.01. The smallest absolute Gasteiger partial charge is 0.242 e. The van der Waals surface area contributed by atoms with Crippen LogP contribution in [0.25, 0.3) is 0 Å². The van der Waals surface area contributed by atoms with Crippen LogP contribution in [-0.2, 0) is 16.0 Å². The molecule has 0 saturated carbocycles. The minimum Gasteiger partial charge on any atom is -0.339 e. The molecule has 0 spiro atoms. The van der Waals surface area contributed by atoms with Crippen molar-refractivity contribution in [1.82, 2.24) is 10.2 Å². The monoisotopic (exact) mass is 323 g/mol. The molecule has 2 aliphatic rings. The molecule has 1 saturated heterocycles. The zero-order valence-corrected chi connectivity index (χ0v) is 13.4. The molecule has 0 aromatic heterocycles.